The maximum atomic E-state index is 12.7. The lowest BCUT2D eigenvalue weighted by atomic mass is 10.2. The zero-order valence-electron chi connectivity index (χ0n) is 14.1. The van der Waals surface area contributed by atoms with Gasteiger partial charge in [-0.05, 0) is 42.5 Å². The minimum Gasteiger partial charge on any atom is -0.457 e. The first kappa shape index (κ1) is 21.0. The molecule has 1 saturated heterocycles. The molecule has 0 saturated carbocycles. The highest BCUT2D eigenvalue weighted by Gasteiger charge is 2.30. The van der Waals surface area contributed by atoms with Crippen LogP contribution in [0.2, 0.25) is 0 Å². The Balaban J connectivity index is 0.00000261. The van der Waals surface area contributed by atoms with Gasteiger partial charge in [0, 0.05) is 18.8 Å². The quantitative estimate of drug-likeness (QED) is 0.815. The van der Waals surface area contributed by atoms with E-state index in [1.165, 1.54) is 12.1 Å². The van der Waals surface area contributed by atoms with Crippen LogP contribution in [0.4, 0.5) is 18.9 Å². The van der Waals surface area contributed by atoms with Gasteiger partial charge in [0.1, 0.15) is 17.6 Å². The number of nitrogens with one attached hydrogen (secondary N) is 2. The molecule has 1 unspecified atom stereocenters. The summed E-state index contributed by atoms with van der Waals surface area (Å²) in [6.07, 6.45) is -4.98. The number of benzene rings is 2. The summed E-state index contributed by atoms with van der Waals surface area (Å²) in [6.45, 7) is 1.63. The second-order valence-corrected chi connectivity index (χ2v) is 5.70. The first-order valence-corrected chi connectivity index (χ1v) is 8.00. The Labute approximate surface area is 160 Å². The second-order valence-electron chi connectivity index (χ2n) is 5.70. The zero-order chi connectivity index (χ0) is 18.6. The average molecular weight is 403 g/mol. The first-order chi connectivity index (χ1) is 12.4. The Morgan fingerprint density at radius 2 is 1.89 bits per heavy atom. The Morgan fingerprint density at radius 3 is 2.52 bits per heavy atom. The Morgan fingerprint density at radius 1 is 1.15 bits per heavy atom. The topological polar surface area (TPSA) is 59.6 Å². The summed E-state index contributed by atoms with van der Waals surface area (Å²) in [7, 11) is 0. The van der Waals surface area contributed by atoms with E-state index < -0.39 is 17.8 Å². The van der Waals surface area contributed by atoms with Gasteiger partial charge in [0.25, 0.3) is 5.91 Å². The summed E-state index contributed by atoms with van der Waals surface area (Å²) in [5.74, 6) is 0.181. The van der Waals surface area contributed by atoms with Gasteiger partial charge in [0.2, 0.25) is 0 Å². The lowest BCUT2D eigenvalue weighted by Crippen LogP contribution is -2.45. The summed E-state index contributed by atoms with van der Waals surface area (Å²) >= 11 is 0. The first-order valence-electron chi connectivity index (χ1n) is 8.00. The number of carbonyl (C=O) groups excluding carboxylic acids is 1. The van der Waals surface area contributed by atoms with Crippen molar-refractivity contribution in [2.75, 3.05) is 25.0 Å². The van der Waals surface area contributed by atoms with Gasteiger partial charge in [-0.25, -0.2) is 0 Å². The molecule has 0 radical (unpaired) electrons. The fraction of sp³-hybridized carbons (Fsp3) is 0.278. The molecule has 146 valence electrons. The van der Waals surface area contributed by atoms with Crippen molar-refractivity contribution >= 4 is 24.0 Å². The third kappa shape index (κ3) is 5.85. The molecule has 1 amide bonds. The van der Waals surface area contributed by atoms with Crippen molar-refractivity contribution in [1.29, 1.82) is 0 Å². The Bertz CT molecular complexity index is 763. The van der Waals surface area contributed by atoms with E-state index in [0.717, 1.165) is 12.1 Å². The van der Waals surface area contributed by atoms with Crippen LogP contribution in [-0.4, -0.2) is 31.7 Å². The molecular formula is C18H18ClF3N2O3. The summed E-state index contributed by atoms with van der Waals surface area (Å²) in [4.78, 5) is 12.1. The lowest BCUT2D eigenvalue weighted by molar-refractivity contribution is -0.137. The van der Waals surface area contributed by atoms with Gasteiger partial charge in [-0.15, -0.1) is 12.4 Å². The van der Waals surface area contributed by atoms with Crippen molar-refractivity contribution in [2.45, 2.75) is 12.3 Å². The van der Waals surface area contributed by atoms with E-state index in [-0.39, 0.29) is 24.1 Å². The number of amides is 1. The molecule has 0 bridgehead atoms. The summed E-state index contributed by atoms with van der Waals surface area (Å²) in [6, 6.07) is 11.0. The molecule has 1 aliphatic rings. The summed E-state index contributed by atoms with van der Waals surface area (Å²) in [5, 5.41) is 5.79. The fourth-order valence-corrected chi connectivity index (χ4v) is 2.43. The predicted molar refractivity (Wildman–Crippen MR) is 96.4 cm³/mol. The van der Waals surface area contributed by atoms with E-state index in [1.807, 2.05) is 0 Å². The van der Waals surface area contributed by atoms with Crippen LogP contribution < -0.4 is 15.4 Å². The SMILES string of the molecule is Cl.O=C(Nc1ccc(Oc2cccc(C(F)(F)F)c2)cc1)C1CNCCO1. The van der Waals surface area contributed by atoms with Gasteiger partial charge in [-0.1, -0.05) is 6.07 Å². The van der Waals surface area contributed by atoms with Crippen LogP contribution in [-0.2, 0) is 15.7 Å². The van der Waals surface area contributed by atoms with Crippen LogP contribution in [0.5, 0.6) is 11.5 Å². The number of halogens is 4. The normalized spacial score (nSPS) is 16.9. The average Bonchev–Trinajstić information content (AvgIpc) is 2.63. The lowest BCUT2D eigenvalue weighted by Gasteiger charge is -2.22. The van der Waals surface area contributed by atoms with E-state index >= 15 is 0 Å². The van der Waals surface area contributed by atoms with Crippen molar-refractivity contribution < 1.29 is 27.4 Å². The third-order valence-electron chi connectivity index (χ3n) is 3.74. The van der Waals surface area contributed by atoms with Crippen LogP contribution in [0.15, 0.2) is 48.5 Å². The third-order valence-corrected chi connectivity index (χ3v) is 3.74. The highest BCUT2D eigenvalue weighted by molar-refractivity contribution is 5.94. The standard InChI is InChI=1S/C18H17F3N2O3.ClH/c19-18(20,21)12-2-1-3-15(10-12)26-14-6-4-13(5-7-14)23-17(24)16-11-22-8-9-25-16;/h1-7,10,16,22H,8-9,11H2,(H,23,24);1H. The molecule has 2 aromatic carbocycles. The number of alkyl halides is 3. The molecule has 3 rings (SSSR count). The van der Waals surface area contributed by atoms with Crippen LogP contribution >= 0.6 is 12.4 Å². The number of ether oxygens (including phenoxy) is 2. The number of rotatable bonds is 4. The molecule has 27 heavy (non-hydrogen) atoms. The minimum absolute atomic E-state index is 0. The van der Waals surface area contributed by atoms with Crippen LogP contribution in [0, 0.1) is 0 Å². The maximum Gasteiger partial charge on any atom is 0.416 e. The van der Waals surface area contributed by atoms with E-state index in [2.05, 4.69) is 10.6 Å². The van der Waals surface area contributed by atoms with E-state index in [0.29, 0.717) is 31.1 Å². The van der Waals surface area contributed by atoms with Crippen molar-refractivity contribution in [2.24, 2.45) is 0 Å². The smallest absolute Gasteiger partial charge is 0.416 e. The molecule has 2 aromatic rings. The zero-order valence-corrected chi connectivity index (χ0v) is 14.9. The van der Waals surface area contributed by atoms with Gasteiger partial charge >= 0.3 is 6.18 Å². The molecule has 1 fully saturated rings. The highest BCUT2D eigenvalue weighted by atomic mass is 35.5. The number of hydrogen-bond donors (Lipinski definition) is 2. The van der Waals surface area contributed by atoms with Gasteiger partial charge in [0.15, 0.2) is 0 Å². The number of hydrogen-bond acceptors (Lipinski definition) is 4. The van der Waals surface area contributed by atoms with Gasteiger partial charge in [0.05, 0.1) is 12.2 Å². The Hall–Kier alpha value is -2.29. The Kier molecular flexibility index (Phi) is 7.06. The van der Waals surface area contributed by atoms with Crippen LogP contribution in [0.3, 0.4) is 0 Å². The fourth-order valence-electron chi connectivity index (χ4n) is 2.43. The molecule has 0 aromatic heterocycles. The van der Waals surface area contributed by atoms with E-state index in [1.54, 1.807) is 24.3 Å². The number of morpholine rings is 1. The molecule has 5 nitrogen and oxygen atoms in total. The molecule has 9 heteroatoms. The molecule has 0 aliphatic carbocycles. The van der Waals surface area contributed by atoms with E-state index in [4.69, 9.17) is 9.47 Å². The number of anilines is 1. The highest BCUT2D eigenvalue weighted by Crippen LogP contribution is 2.32. The van der Waals surface area contributed by atoms with Crippen molar-refractivity contribution in [3.05, 3.63) is 54.1 Å². The second kappa shape index (κ2) is 9.07. The molecule has 1 aliphatic heterocycles. The largest absolute Gasteiger partial charge is 0.457 e. The molecule has 2 N–H and O–H groups in total. The van der Waals surface area contributed by atoms with Crippen LogP contribution in [0.1, 0.15) is 5.56 Å². The summed E-state index contributed by atoms with van der Waals surface area (Å²) < 4.78 is 49.0. The molecule has 1 atom stereocenters. The van der Waals surface area contributed by atoms with Crippen molar-refractivity contribution in [3.8, 4) is 11.5 Å². The van der Waals surface area contributed by atoms with Crippen molar-refractivity contribution in [3.63, 3.8) is 0 Å². The molecule has 1 heterocycles. The van der Waals surface area contributed by atoms with Gasteiger partial charge in [-0.3, -0.25) is 4.79 Å². The van der Waals surface area contributed by atoms with Gasteiger partial charge in [-0.2, -0.15) is 13.2 Å². The van der Waals surface area contributed by atoms with Gasteiger partial charge < -0.3 is 20.1 Å². The monoisotopic (exact) mass is 402 g/mol. The summed E-state index contributed by atoms with van der Waals surface area (Å²) in [5.41, 5.74) is -0.236. The molecular weight excluding hydrogens is 385 g/mol. The van der Waals surface area contributed by atoms with Crippen molar-refractivity contribution in [1.82, 2.24) is 5.32 Å². The molecule has 0 spiro atoms. The minimum atomic E-state index is -4.43. The van der Waals surface area contributed by atoms with E-state index in [9.17, 15) is 18.0 Å². The maximum absolute atomic E-state index is 12.7. The number of carbonyl (C=O) groups is 1. The predicted octanol–water partition coefficient (Wildman–Crippen LogP) is 3.85. The van der Waals surface area contributed by atoms with Crippen LogP contribution in [0.25, 0.3) is 0 Å².